The van der Waals surface area contributed by atoms with Gasteiger partial charge in [-0.1, -0.05) is 88.4 Å². The Morgan fingerprint density at radius 2 is 1.60 bits per heavy atom. The van der Waals surface area contributed by atoms with Gasteiger partial charge >= 0.3 is 0 Å². The summed E-state index contributed by atoms with van der Waals surface area (Å²) in [6, 6.07) is 18.2. The van der Waals surface area contributed by atoms with Crippen LogP contribution in [0.1, 0.15) is 62.3 Å². The topological polar surface area (TPSA) is 0 Å². The maximum atomic E-state index is 2.48. The van der Waals surface area contributed by atoms with Crippen molar-refractivity contribution in [3.8, 4) is 0 Å². The smallest absolute Gasteiger partial charge is 0.0123 e. The highest BCUT2D eigenvalue weighted by Crippen LogP contribution is 2.64. The summed E-state index contributed by atoms with van der Waals surface area (Å²) in [5, 5.41) is 0. The Kier molecular flexibility index (Phi) is 2.89. The van der Waals surface area contributed by atoms with Crippen LogP contribution in [0.2, 0.25) is 0 Å². The van der Waals surface area contributed by atoms with Gasteiger partial charge in [-0.2, -0.15) is 0 Å². The van der Waals surface area contributed by atoms with E-state index in [9.17, 15) is 0 Å². The summed E-state index contributed by atoms with van der Waals surface area (Å²) in [6.45, 7) is 9.79. The van der Waals surface area contributed by atoms with Crippen LogP contribution < -0.4 is 0 Å². The molecule has 126 valence electrons. The molecule has 0 heterocycles. The van der Waals surface area contributed by atoms with Crippen LogP contribution >= 0.6 is 0 Å². The summed E-state index contributed by atoms with van der Waals surface area (Å²) >= 11 is 0. The van der Waals surface area contributed by atoms with E-state index in [0.29, 0.717) is 11.8 Å². The van der Waals surface area contributed by atoms with E-state index in [1.54, 1.807) is 11.1 Å². The SMILES string of the molecule is CC1(C)C2=C(c3ccccc31)C(C)(C)C1C=Cc3ccccc3C2C1. The molecular formula is C25H26. The van der Waals surface area contributed by atoms with Crippen molar-refractivity contribution in [3.63, 3.8) is 0 Å². The number of hydrogen-bond donors (Lipinski definition) is 0. The standard InChI is InChI=1S/C25H26/c1-24(2)17-14-13-16-9-5-6-10-18(16)20(15-17)23-22(24)19-11-7-8-12-21(19)25(23,3)4/h5-14,17,20H,15H2,1-4H3. The lowest BCUT2D eigenvalue weighted by molar-refractivity contribution is 0.301. The van der Waals surface area contributed by atoms with Crippen LogP contribution in [0.3, 0.4) is 0 Å². The van der Waals surface area contributed by atoms with E-state index in [0.717, 1.165) is 0 Å². The van der Waals surface area contributed by atoms with Crippen LogP contribution in [0.25, 0.3) is 11.6 Å². The molecule has 2 bridgehead atoms. The van der Waals surface area contributed by atoms with Gasteiger partial charge in [0.2, 0.25) is 0 Å². The average Bonchev–Trinajstić information content (AvgIpc) is 2.74. The third-order valence-corrected chi connectivity index (χ3v) is 7.10. The maximum Gasteiger partial charge on any atom is 0.0123 e. The Labute approximate surface area is 151 Å². The fraction of sp³-hybridized carbons (Fsp3) is 0.360. The van der Waals surface area contributed by atoms with E-state index < -0.39 is 0 Å². The van der Waals surface area contributed by atoms with Gasteiger partial charge < -0.3 is 0 Å². The minimum absolute atomic E-state index is 0.107. The van der Waals surface area contributed by atoms with Crippen molar-refractivity contribution in [2.24, 2.45) is 11.3 Å². The zero-order valence-corrected chi connectivity index (χ0v) is 15.6. The lowest BCUT2D eigenvalue weighted by Crippen LogP contribution is -2.34. The van der Waals surface area contributed by atoms with Gasteiger partial charge in [0.1, 0.15) is 0 Å². The van der Waals surface area contributed by atoms with Crippen LogP contribution in [-0.2, 0) is 5.41 Å². The maximum absolute atomic E-state index is 2.48. The van der Waals surface area contributed by atoms with Gasteiger partial charge in [0.15, 0.2) is 0 Å². The zero-order valence-electron chi connectivity index (χ0n) is 15.6. The first-order valence-corrected chi connectivity index (χ1v) is 9.54. The fourth-order valence-electron chi connectivity index (χ4n) is 5.81. The van der Waals surface area contributed by atoms with E-state index in [1.807, 2.05) is 0 Å². The number of hydrogen-bond acceptors (Lipinski definition) is 0. The highest BCUT2D eigenvalue weighted by atomic mass is 14.5. The normalized spacial score (nSPS) is 27.4. The van der Waals surface area contributed by atoms with E-state index in [4.69, 9.17) is 0 Å². The predicted molar refractivity (Wildman–Crippen MR) is 106 cm³/mol. The van der Waals surface area contributed by atoms with Crippen molar-refractivity contribution in [1.82, 2.24) is 0 Å². The van der Waals surface area contributed by atoms with Crippen LogP contribution in [0.4, 0.5) is 0 Å². The van der Waals surface area contributed by atoms with Gasteiger partial charge in [-0.25, -0.2) is 0 Å². The van der Waals surface area contributed by atoms with Crippen molar-refractivity contribution >= 4 is 11.6 Å². The molecule has 0 saturated heterocycles. The second-order valence-electron chi connectivity index (χ2n) is 9.06. The molecule has 5 rings (SSSR count). The molecule has 0 spiro atoms. The summed E-state index contributed by atoms with van der Waals surface area (Å²) in [7, 11) is 0. The molecule has 0 saturated carbocycles. The first kappa shape index (κ1) is 15.2. The Balaban J connectivity index is 1.87. The molecule has 2 atom stereocenters. The van der Waals surface area contributed by atoms with Crippen LogP contribution in [0, 0.1) is 11.3 Å². The molecule has 0 nitrogen and oxygen atoms in total. The molecule has 0 aromatic heterocycles. The summed E-state index contributed by atoms with van der Waals surface area (Å²) in [6.07, 6.45) is 6.09. The minimum Gasteiger partial charge on any atom is -0.0799 e. The minimum atomic E-state index is 0.107. The lowest BCUT2D eigenvalue weighted by Gasteiger charge is -2.44. The average molecular weight is 326 g/mol. The molecule has 3 aliphatic rings. The van der Waals surface area contributed by atoms with Gasteiger partial charge in [0.25, 0.3) is 0 Å². The molecule has 3 aliphatic carbocycles. The van der Waals surface area contributed by atoms with Gasteiger partial charge in [-0.3, -0.25) is 0 Å². The molecule has 0 fully saturated rings. The molecule has 0 heteroatoms. The molecule has 2 aromatic rings. The van der Waals surface area contributed by atoms with Crippen molar-refractivity contribution in [2.45, 2.75) is 45.4 Å². The van der Waals surface area contributed by atoms with Crippen LogP contribution in [-0.4, -0.2) is 0 Å². The quantitative estimate of drug-likeness (QED) is 0.512. The molecule has 0 N–H and O–H groups in total. The predicted octanol–water partition coefficient (Wildman–Crippen LogP) is 6.59. The Morgan fingerprint density at radius 1 is 0.880 bits per heavy atom. The third kappa shape index (κ3) is 1.83. The third-order valence-electron chi connectivity index (χ3n) is 7.10. The Bertz CT molecular complexity index is 936. The van der Waals surface area contributed by atoms with E-state index in [-0.39, 0.29) is 10.8 Å². The molecule has 2 unspecified atom stereocenters. The van der Waals surface area contributed by atoms with Crippen molar-refractivity contribution in [1.29, 1.82) is 0 Å². The number of allylic oxidation sites excluding steroid dienone is 3. The summed E-state index contributed by atoms with van der Waals surface area (Å²) in [5.41, 5.74) is 9.51. The van der Waals surface area contributed by atoms with Gasteiger partial charge in [0.05, 0.1) is 0 Å². The van der Waals surface area contributed by atoms with E-state index in [2.05, 4.69) is 88.4 Å². The molecule has 0 aliphatic heterocycles. The van der Waals surface area contributed by atoms with Crippen LogP contribution in [0.15, 0.2) is 60.2 Å². The molecule has 0 radical (unpaired) electrons. The van der Waals surface area contributed by atoms with Gasteiger partial charge in [-0.15, -0.1) is 0 Å². The summed E-state index contributed by atoms with van der Waals surface area (Å²) in [4.78, 5) is 0. The van der Waals surface area contributed by atoms with E-state index in [1.165, 1.54) is 28.7 Å². The second-order valence-corrected chi connectivity index (χ2v) is 9.06. The lowest BCUT2D eigenvalue weighted by atomic mass is 9.59. The van der Waals surface area contributed by atoms with Gasteiger partial charge in [0, 0.05) is 11.3 Å². The summed E-state index contributed by atoms with van der Waals surface area (Å²) < 4.78 is 0. The highest BCUT2D eigenvalue weighted by molar-refractivity contribution is 5.86. The number of benzene rings is 2. The Morgan fingerprint density at radius 3 is 2.44 bits per heavy atom. The van der Waals surface area contributed by atoms with Crippen molar-refractivity contribution < 1.29 is 0 Å². The summed E-state index contributed by atoms with van der Waals surface area (Å²) in [5.74, 6) is 1.12. The van der Waals surface area contributed by atoms with E-state index >= 15 is 0 Å². The molecule has 2 aromatic carbocycles. The molecule has 25 heavy (non-hydrogen) atoms. The highest BCUT2D eigenvalue weighted by Gasteiger charge is 2.51. The van der Waals surface area contributed by atoms with Gasteiger partial charge in [-0.05, 0) is 51.2 Å². The van der Waals surface area contributed by atoms with Crippen LogP contribution in [0.5, 0.6) is 0 Å². The van der Waals surface area contributed by atoms with Crippen molar-refractivity contribution in [3.05, 3.63) is 82.4 Å². The number of rotatable bonds is 0. The zero-order chi connectivity index (χ0) is 17.4. The largest absolute Gasteiger partial charge is 0.0799 e. The van der Waals surface area contributed by atoms with Crippen molar-refractivity contribution in [2.75, 3.05) is 0 Å². The first-order chi connectivity index (χ1) is 11.9. The first-order valence-electron chi connectivity index (χ1n) is 9.54. The molecule has 0 amide bonds. The monoisotopic (exact) mass is 326 g/mol. The molecular weight excluding hydrogens is 300 g/mol. The Hall–Kier alpha value is -2.08. The fourth-order valence-corrected chi connectivity index (χ4v) is 5.81. The number of fused-ring (bicyclic) bond motifs is 7. The second kappa shape index (κ2) is 4.75.